The molecule has 2 fully saturated rings. The Bertz CT molecular complexity index is 537. The number of rotatable bonds is 3. The summed E-state index contributed by atoms with van der Waals surface area (Å²) in [6.45, 7) is 7.38. The fourth-order valence-electron chi connectivity index (χ4n) is 3.06. The van der Waals surface area contributed by atoms with E-state index in [9.17, 15) is 9.59 Å². The average Bonchev–Trinajstić information content (AvgIpc) is 3.17. The molecule has 6 heteroatoms. The van der Waals surface area contributed by atoms with Crippen LogP contribution in [0.4, 0.5) is 0 Å². The Morgan fingerprint density at radius 1 is 1.29 bits per heavy atom. The number of carbonyl (C=O) groups excluding carboxylic acids is 2. The Morgan fingerprint density at radius 3 is 2.71 bits per heavy atom. The van der Waals surface area contributed by atoms with Gasteiger partial charge in [0.15, 0.2) is 5.78 Å². The van der Waals surface area contributed by atoms with Gasteiger partial charge >= 0.3 is 0 Å². The molecule has 0 spiro atoms. The van der Waals surface area contributed by atoms with Gasteiger partial charge in [0.05, 0.1) is 4.88 Å². The lowest BCUT2D eigenvalue weighted by Crippen LogP contribution is -2.49. The molecule has 2 saturated heterocycles. The molecule has 2 aliphatic rings. The lowest BCUT2D eigenvalue weighted by Gasteiger charge is -2.32. The number of ketones is 1. The number of Topliss-reactive ketones (excluding diaryl/α,β-unsaturated/α-hetero) is 1. The predicted octanol–water partition coefficient (Wildman–Crippen LogP) is 1.07. The largest absolute Gasteiger partial charge is 0.336 e. The van der Waals surface area contributed by atoms with Crippen molar-refractivity contribution in [2.24, 2.45) is 0 Å². The van der Waals surface area contributed by atoms with E-state index in [1.54, 1.807) is 11.4 Å². The van der Waals surface area contributed by atoms with Crippen molar-refractivity contribution in [1.82, 2.24) is 15.1 Å². The minimum Gasteiger partial charge on any atom is -0.336 e. The molecule has 2 aliphatic heterocycles. The van der Waals surface area contributed by atoms with Crippen molar-refractivity contribution < 1.29 is 9.59 Å². The number of likely N-dealkylation sites (tertiary alicyclic amines) is 1. The lowest BCUT2D eigenvalue weighted by molar-refractivity contribution is 0.0778. The molecule has 1 unspecified atom stereocenters. The van der Waals surface area contributed by atoms with E-state index in [-0.39, 0.29) is 11.7 Å². The number of thiophene rings is 1. The van der Waals surface area contributed by atoms with Crippen LogP contribution >= 0.6 is 11.3 Å². The van der Waals surface area contributed by atoms with Crippen LogP contribution in [0.2, 0.25) is 0 Å². The summed E-state index contributed by atoms with van der Waals surface area (Å²) < 4.78 is 0. The van der Waals surface area contributed by atoms with Gasteiger partial charge in [0.2, 0.25) is 0 Å². The molecular formula is C15H21N3O2S. The van der Waals surface area contributed by atoms with Crippen LogP contribution in [-0.4, -0.2) is 66.8 Å². The third-order valence-corrected chi connectivity index (χ3v) is 5.25. The average molecular weight is 307 g/mol. The van der Waals surface area contributed by atoms with Gasteiger partial charge in [-0.3, -0.25) is 14.5 Å². The summed E-state index contributed by atoms with van der Waals surface area (Å²) in [6, 6.07) is 2.22. The maximum atomic E-state index is 12.5. The number of piperazine rings is 1. The van der Waals surface area contributed by atoms with Crippen LogP contribution < -0.4 is 5.32 Å². The highest BCUT2D eigenvalue weighted by atomic mass is 32.1. The van der Waals surface area contributed by atoms with Gasteiger partial charge in [0, 0.05) is 56.3 Å². The molecule has 0 aliphatic carbocycles. The monoisotopic (exact) mass is 307 g/mol. The number of nitrogens with zero attached hydrogens (tertiary/aromatic N) is 2. The van der Waals surface area contributed by atoms with Crippen LogP contribution in [0.3, 0.4) is 0 Å². The second kappa shape index (κ2) is 6.25. The molecule has 1 aromatic rings. The molecule has 114 valence electrons. The van der Waals surface area contributed by atoms with Crippen LogP contribution in [0.1, 0.15) is 33.4 Å². The van der Waals surface area contributed by atoms with Crippen LogP contribution in [0.25, 0.3) is 0 Å². The standard InChI is InChI=1S/C15H21N3O2S/c1-11(19)12-8-14(21-10-12)15(20)18-5-2-13(9-18)17-6-3-16-4-7-17/h8,10,13,16H,2-7,9H2,1H3. The van der Waals surface area contributed by atoms with E-state index in [2.05, 4.69) is 10.2 Å². The third-order valence-electron chi connectivity index (χ3n) is 4.34. The van der Waals surface area contributed by atoms with Gasteiger partial charge in [-0.2, -0.15) is 0 Å². The van der Waals surface area contributed by atoms with Gasteiger partial charge < -0.3 is 10.2 Å². The molecule has 1 N–H and O–H groups in total. The van der Waals surface area contributed by atoms with E-state index in [4.69, 9.17) is 0 Å². The highest BCUT2D eigenvalue weighted by Gasteiger charge is 2.31. The second-order valence-corrected chi connectivity index (χ2v) is 6.65. The van der Waals surface area contributed by atoms with Crippen LogP contribution in [0.15, 0.2) is 11.4 Å². The summed E-state index contributed by atoms with van der Waals surface area (Å²) >= 11 is 1.37. The predicted molar refractivity (Wildman–Crippen MR) is 83.1 cm³/mol. The molecule has 0 aromatic carbocycles. The van der Waals surface area contributed by atoms with Crippen LogP contribution in [0.5, 0.6) is 0 Å². The fourth-order valence-corrected chi connectivity index (χ4v) is 3.97. The summed E-state index contributed by atoms with van der Waals surface area (Å²) in [6.07, 6.45) is 1.05. The Hall–Kier alpha value is -1.24. The van der Waals surface area contributed by atoms with Gasteiger partial charge in [-0.1, -0.05) is 0 Å². The molecule has 1 atom stereocenters. The van der Waals surface area contributed by atoms with E-state index < -0.39 is 0 Å². The Morgan fingerprint density at radius 2 is 2.05 bits per heavy atom. The molecular weight excluding hydrogens is 286 g/mol. The summed E-state index contributed by atoms with van der Waals surface area (Å²) in [4.78, 5) is 28.9. The minimum absolute atomic E-state index is 0.0189. The molecule has 1 aromatic heterocycles. The van der Waals surface area contributed by atoms with Crippen molar-refractivity contribution in [3.05, 3.63) is 21.9 Å². The summed E-state index contributed by atoms with van der Waals surface area (Å²) in [5, 5.41) is 5.14. The summed E-state index contributed by atoms with van der Waals surface area (Å²) in [7, 11) is 0. The zero-order chi connectivity index (χ0) is 14.8. The van der Waals surface area contributed by atoms with E-state index in [1.165, 1.54) is 18.3 Å². The molecule has 1 amide bonds. The second-order valence-electron chi connectivity index (χ2n) is 5.74. The van der Waals surface area contributed by atoms with Gasteiger partial charge in [-0.15, -0.1) is 11.3 Å². The third kappa shape index (κ3) is 3.17. The molecule has 3 heterocycles. The van der Waals surface area contributed by atoms with Gasteiger partial charge in [0.25, 0.3) is 5.91 Å². The highest BCUT2D eigenvalue weighted by Crippen LogP contribution is 2.22. The first kappa shape index (κ1) is 14.7. The van der Waals surface area contributed by atoms with Gasteiger partial charge in [-0.25, -0.2) is 0 Å². The van der Waals surface area contributed by atoms with Gasteiger partial charge in [0.1, 0.15) is 0 Å². The van der Waals surface area contributed by atoms with Crippen molar-refractivity contribution in [2.75, 3.05) is 39.3 Å². The van der Waals surface area contributed by atoms with Crippen molar-refractivity contribution in [3.8, 4) is 0 Å². The van der Waals surface area contributed by atoms with Crippen LogP contribution in [0, 0.1) is 0 Å². The Labute approximate surface area is 128 Å². The van der Waals surface area contributed by atoms with Crippen molar-refractivity contribution in [3.63, 3.8) is 0 Å². The van der Waals surface area contributed by atoms with Gasteiger partial charge in [-0.05, 0) is 19.4 Å². The zero-order valence-electron chi connectivity index (χ0n) is 12.3. The number of amides is 1. The number of hydrogen-bond acceptors (Lipinski definition) is 5. The number of nitrogens with one attached hydrogen (secondary N) is 1. The van der Waals surface area contributed by atoms with Crippen molar-refractivity contribution >= 4 is 23.0 Å². The number of carbonyl (C=O) groups is 2. The summed E-state index contributed by atoms with van der Waals surface area (Å²) in [5.41, 5.74) is 0.640. The van der Waals surface area contributed by atoms with E-state index >= 15 is 0 Å². The first-order chi connectivity index (χ1) is 10.1. The van der Waals surface area contributed by atoms with E-state index in [0.29, 0.717) is 16.5 Å². The highest BCUT2D eigenvalue weighted by molar-refractivity contribution is 7.12. The first-order valence-electron chi connectivity index (χ1n) is 7.48. The molecule has 3 rings (SSSR count). The normalized spacial score (nSPS) is 23.5. The van der Waals surface area contributed by atoms with Crippen molar-refractivity contribution in [1.29, 1.82) is 0 Å². The van der Waals surface area contributed by atoms with E-state index in [1.807, 2.05) is 4.90 Å². The Balaban J connectivity index is 1.62. The number of hydrogen-bond donors (Lipinski definition) is 1. The smallest absolute Gasteiger partial charge is 0.263 e. The minimum atomic E-state index is 0.0189. The quantitative estimate of drug-likeness (QED) is 0.849. The summed E-state index contributed by atoms with van der Waals surface area (Å²) in [5.74, 6) is 0.0931. The zero-order valence-corrected chi connectivity index (χ0v) is 13.1. The molecule has 0 bridgehead atoms. The lowest BCUT2D eigenvalue weighted by atomic mass is 10.2. The molecule has 5 nitrogen and oxygen atoms in total. The topological polar surface area (TPSA) is 52.7 Å². The van der Waals surface area contributed by atoms with E-state index in [0.717, 1.165) is 45.7 Å². The SMILES string of the molecule is CC(=O)c1csc(C(=O)N2CCC(N3CCNCC3)C2)c1. The molecule has 0 radical (unpaired) electrons. The van der Waals surface area contributed by atoms with Crippen molar-refractivity contribution in [2.45, 2.75) is 19.4 Å². The Kier molecular flexibility index (Phi) is 4.37. The molecule has 0 saturated carbocycles. The molecule has 21 heavy (non-hydrogen) atoms. The maximum Gasteiger partial charge on any atom is 0.263 e. The first-order valence-corrected chi connectivity index (χ1v) is 8.36. The fraction of sp³-hybridized carbons (Fsp3) is 0.600. The maximum absolute atomic E-state index is 12.5. The van der Waals surface area contributed by atoms with Crippen LogP contribution in [-0.2, 0) is 0 Å².